The normalized spacial score (nSPS) is 14.3. The van der Waals surface area contributed by atoms with E-state index in [4.69, 9.17) is 4.74 Å². The predicted octanol–water partition coefficient (Wildman–Crippen LogP) is 2.75. The van der Waals surface area contributed by atoms with Gasteiger partial charge in [-0.1, -0.05) is 12.1 Å². The minimum absolute atomic E-state index is 0.271. The first-order valence-corrected chi connectivity index (χ1v) is 4.86. The lowest BCUT2D eigenvalue weighted by molar-refractivity contribution is 0.0643. The van der Waals surface area contributed by atoms with E-state index in [1.165, 1.54) is 11.3 Å². The van der Waals surface area contributed by atoms with Crippen LogP contribution < -0.4 is 0 Å². The summed E-state index contributed by atoms with van der Waals surface area (Å²) in [5.74, 6) is 0.381. The summed E-state index contributed by atoms with van der Waals surface area (Å²) in [5, 5.41) is 1.86. The van der Waals surface area contributed by atoms with Crippen molar-refractivity contribution in [1.29, 1.82) is 0 Å². The molecule has 0 radical (unpaired) electrons. The molecule has 0 aliphatic heterocycles. The molecule has 1 aromatic rings. The van der Waals surface area contributed by atoms with E-state index in [2.05, 4.69) is 0 Å². The van der Waals surface area contributed by atoms with Crippen molar-refractivity contribution in [2.45, 2.75) is 6.42 Å². The fourth-order valence-corrected chi connectivity index (χ4v) is 1.66. The summed E-state index contributed by atoms with van der Waals surface area (Å²) >= 11 is 1.39. The van der Waals surface area contributed by atoms with Gasteiger partial charge in [0.05, 0.1) is 0 Å². The molecule has 1 heterocycles. The molecule has 1 aliphatic carbocycles. The van der Waals surface area contributed by atoms with Crippen LogP contribution in [0.5, 0.6) is 0 Å². The Kier molecular flexibility index (Phi) is 2.27. The molecule has 0 unspecified atom stereocenters. The molecular formula is C10H8O2S. The Morgan fingerprint density at radius 3 is 3.08 bits per heavy atom. The molecular weight excluding hydrogens is 184 g/mol. The molecule has 0 N–H and O–H groups in total. The van der Waals surface area contributed by atoms with E-state index in [0.717, 1.165) is 6.42 Å². The number of carbonyl (C=O) groups excluding carboxylic acids is 1. The van der Waals surface area contributed by atoms with Crippen molar-refractivity contribution in [3.05, 3.63) is 46.4 Å². The molecule has 0 saturated carbocycles. The van der Waals surface area contributed by atoms with Crippen molar-refractivity contribution in [1.82, 2.24) is 0 Å². The lowest BCUT2D eigenvalue weighted by Crippen LogP contribution is -2.00. The van der Waals surface area contributed by atoms with Gasteiger partial charge in [0, 0.05) is 0 Å². The highest BCUT2D eigenvalue weighted by Gasteiger charge is 2.10. The van der Waals surface area contributed by atoms with Crippen LogP contribution in [0.1, 0.15) is 16.1 Å². The number of thiophene rings is 1. The molecule has 0 bridgehead atoms. The van der Waals surface area contributed by atoms with Crippen molar-refractivity contribution < 1.29 is 9.53 Å². The first-order valence-electron chi connectivity index (χ1n) is 3.98. The molecule has 0 spiro atoms. The Balaban J connectivity index is 2.03. The standard InChI is InChI=1S/C10H8O2S/c11-10(9-6-3-7-13-9)12-8-4-1-2-5-8/h1,3-7H,2H2. The lowest BCUT2D eigenvalue weighted by atomic mass is 10.4. The average molecular weight is 192 g/mol. The van der Waals surface area contributed by atoms with Crippen molar-refractivity contribution >= 4 is 17.3 Å². The topological polar surface area (TPSA) is 26.3 Å². The molecule has 0 amide bonds. The summed E-state index contributed by atoms with van der Waals surface area (Å²) < 4.78 is 5.10. The summed E-state index contributed by atoms with van der Waals surface area (Å²) in [5.41, 5.74) is 0. The third-order valence-corrected chi connectivity index (χ3v) is 2.52. The molecule has 13 heavy (non-hydrogen) atoms. The van der Waals surface area contributed by atoms with Gasteiger partial charge in [0.15, 0.2) is 0 Å². The maximum atomic E-state index is 11.4. The van der Waals surface area contributed by atoms with E-state index in [1.807, 2.05) is 29.7 Å². The molecule has 0 saturated heterocycles. The van der Waals surface area contributed by atoms with Gasteiger partial charge in [0.2, 0.25) is 0 Å². The summed E-state index contributed by atoms with van der Waals surface area (Å²) in [6, 6.07) is 3.59. The number of allylic oxidation sites excluding steroid dienone is 3. The highest BCUT2D eigenvalue weighted by molar-refractivity contribution is 7.11. The fraction of sp³-hybridized carbons (Fsp3) is 0.100. The van der Waals surface area contributed by atoms with Crippen molar-refractivity contribution in [2.24, 2.45) is 0 Å². The largest absolute Gasteiger partial charge is 0.423 e. The third-order valence-electron chi connectivity index (χ3n) is 1.67. The SMILES string of the molecule is O=C(OC1=CCC=C1)c1cccs1. The van der Waals surface area contributed by atoms with Gasteiger partial charge in [0.1, 0.15) is 10.6 Å². The minimum atomic E-state index is -0.271. The van der Waals surface area contributed by atoms with Crippen LogP contribution >= 0.6 is 11.3 Å². The first-order chi connectivity index (χ1) is 6.36. The second kappa shape index (κ2) is 3.58. The Morgan fingerprint density at radius 2 is 2.46 bits per heavy atom. The molecule has 0 aromatic carbocycles. The van der Waals surface area contributed by atoms with E-state index in [1.54, 1.807) is 6.07 Å². The number of ether oxygens (including phenoxy) is 1. The van der Waals surface area contributed by atoms with Crippen LogP contribution in [0.4, 0.5) is 0 Å². The predicted molar refractivity (Wildman–Crippen MR) is 51.6 cm³/mol. The van der Waals surface area contributed by atoms with Crippen molar-refractivity contribution in [3.63, 3.8) is 0 Å². The molecule has 1 aromatic heterocycles. The average Bonchev–Trinajstić information content (AvgIpc) is 2.74. The van der Waals surface area contributed by atoms with E-state index >= 15 is 0 Å². The zero-order valence-electron chi connectivity index (χ0n) is 6.90. The van der Waals surface area contributed by atoms with Crippen LogP contribution in [0.15, 0.2) is 41.5 Å². The van der Waals surface area contributed by atoms with Gasteiger partial charge >= 0.3 is 5.97 Å². The highest BCUT2D eigenvalue weighted by Crippen LogP contribution is 2.15. The minimum Gasteiger partial charge on any atom is -0.423 e. The van der Waals surface area contributed by atoms with Gasteiger partial charge in [-0.05, 0) is 30.0 Å². The summed E-state index contributed by atoms with van der Waals surface area (Å²) in [6.45, 7) is 0. The third kappa shape index (κ3) is 1.87. The van der Waals surface area contributed by atoms with Crippen LogP contribution in [0.25, 0.3) is 0 Å². The van der Waals surface area contributed by atoms with Gasteiger partial charge in [-0.2, -0.15) is 0 Å². The zero-order valence-corrected chi connectivity index (χ0v) is 7.71. The zero-order chi connectivity index (χ0) is 9.10. The fourth-order valence-electron chi connectivity index (χ4n) is 1.06. The first kappa shape index (κ1) is 8.26. The van der Waals surface area contributed by atoms with E-state index < -0.39 is 0 Å². The summed E-state index contributed by atoms with van der Waals surface area (Å²) in [6.07, 6.45) is 6.50. The monoisotopic (exact) mass is 192 g/mol. The highest BCUT2D eigenvalue weighted by atomic mass is 32.1. The quantitative estimate of drug-likeness (QED) is 0.673. The van der Waals surface area contributed by atoms with Crippen molar-refractivity contribution in [2.75, 3.05) is 0 Å². The molecule has 2 nitrogen and oxygen atoms in total. The van der Waals surface area contributed by atoms with Crippen LogP contribution in [0, 0.1) is 0 Å². The second-order valence-electron chi connectivity index (χ2n) is 2.61. The van der Waals surface area contributed by atoms with Gasteiger partial charge in [0.25, 0.3) is 0 Å². The molecule has 2 rings (SSSR count). The smallest absolute Gasteiger partial charge is 0.353 e. The maximum Gasteiger partial charge on any atom is 0.353 e. The van der Waals surface area contributed by atoms with Gasteiger partial charge in [-0.3, -0.25) is 0 Å². The summed E-state index contributed by atoms with van der Waals surface area (Å²) in [4.78, 5) is 12.0. The van der Waals surface area contributed by atoms with Crippen LogP contribution in [0.3, 0.4) is 0 Å². The Hall–Kier alpha value is -1.35. The second-order valence-corrected chi connectivity index (χ2v) is 3.56. The molecule has 3 heteroatoms. The van der Waals surface area contributed by atoms with E-state index in [-0.39, 0.29) is 5.97 Å². The van der Waals surface area contributed by atoms with E-state index in [0.29, 0.717) is 10.6 Å². The lowest BCUT2D eigenvalue weighted by Gasteiger charge is -1.99. The molecule has 66 valence electrons. The number of carbonyl (C=O) groups is 1. The number of hydrogen-bond acceptors (Lipinski definition) is 3. The number of esters is 1. The van der Waals surface area contributed by atoms with Crippen LogP contribution in [-0.4, -0.2) is 5.97 Å². The Morgan fingerprint density at radius 1 is 1.54 bits per heavy atom. The van der Waals surface area contributed by atoms with Crippen LogP contribution in [-0.2, 0) is 4.74 Å². The number of rotatable bonds is 2. The number of hydrogen-bond donors (Lipinski definition) is 0. The van der Waals surface area contributed by atoms with Crippen LogP contribution in [0.2, 0.25) is 0 Å². The van der Waals surface area contributed by atoms with Gasteiger partial charge in [-0.25, -0.2) is 4.79 Å². The van der Waals surface area contributed by atoms with Gasteiger partial charge < -0.3 is 4.74 Å². The molecule has 0 atom stereocenters. The molecule has 1 aliphatic rings. The van der Waals surface area contributed by atoms with E-state index in [9.17, 15) is 4.79 Å². The summed E-state index contributed by atoms with van der Waals surface area (Å²) in [7, 11) is 0. The maximum absolute atomic E-state index is 11.4. The molecule has 0 fully saturated rings. The van der Waals surface area contributed by atoms with Crippen molar-refractivity contribution in [3.8, 4) is 0 Å². The Bertz CT molecular complexity index is 360. The Labute approximate surface area is 80.2 Å². The van der Waals surface area contributed by atoms with Gasteiger partial charge in [-0.15, -0.1) is 11.3 Å².